The minimum Gasteiger partial charge on any atom is -0.393 e. The lowest BCUT2D eigenvalue weighted by atomic mass is 10.1. The van der Waals surface area contributed by atoms with Crippen molar-refractivity contribution in [2.45, 2.75) is 25.5 Å². The van der Waals surface area contributed by atoms with Gasteiger partial charge in [0.1, 0.15) is 5.82 Å². The fourth-order valence-electron chi connectivity index (χ4n) is 3.27. The van der Waals surface area contributed by atoms with Gasteiger partial charge in [0.05, 0.1) is 30.2 Å². The Kier molecular flexibility index (Phi) is 5.40. The van der Waals surface area contributed by atoms with Gasteiger partial charge in [-0.1, -0.05) is 28.1 Å². The minimum absolute atomic E-state index is 0.193. The molecule has 7 heteroatoms. The SMILES string of the molecule is OC1CCN(c2ncccc2NCc2ncc(-c3ccc(Br)cc3)[nH]2)CC1. The number of hydrogen-bond acceptors (Lipinski definition) is 5. The smallest absolute Gasteiger partial charge is 0.151 e. The number of aromatic amines is 1. The third-order valence-electron chi connectivity index (χ3n) is 4.78. The van der Waals surface area contributed by atoms with Crippen molar-refractivity contribution in [3.05, 3.63) is 59.1 Å². The maximum Gasteiger partial charge on any atom is 0.151 e. The van der Waals surface area contributed by atoms with Gasteiger partial charge in [-0.05, 0) is 42.7 Å². The maximum absolute atomic E-state index is 9.73. The molecule has 3 N–H and O–H groups in total. The Bertz CT molecular complexity index is 887. The van der Waals surface area contributed by atoms with E-state index in [9.17, 15) is 5.11 Å². The number of benzene rings is 1. The standard InChI is InChI=1S/C20H22BrN5O/c21-15-5-3-14(4-6-15)18-12-24-19(25-18)13-23-17-2-1-9-22-20(17)26-10-7-16(27)8-11-26/h1-6,9,12,16,23,27H,7-8,10-11,13H2,(H,24,25). The molecule has 0 aliphatic carbocycles. The lowest BCUT2D eigenvalue weighted by Gasteiger charge is -2.31. The third-order valence-corrected chi connectivity index (χ3v) is 5.31. The van der Waals surface area contributed by atoms with Crippen LogP contribution in [0.15, 0.2) is 53.3 Å². The van der Waals surface area contributed by atoms with Crippen LogP contribution in [0, 0.1) is 0 Å². The monoisotopic (exact) mass is 427 g/mol. The molecule has 0 saturated carbocycles. The number of halogens is 1. The number of nitrogens with one attached hydrogen (secondary N) is 2. The van der Waals surface area contributed by atoms with Gasteiger partial charge in [0.15, 0.2) is 5.82 Å². The summed E-state index contributed by atoms with van der Waals surface area (Å²) in [4.78, 5) is 14.6. The van der Waals surface area contributed by atoms with Gasteiger partial charge in [0, 0.05) is 23.8 Å². The molecule has 0 bridgehead atoms. The second-order valence-electron chi connectivity index (χ2n) is 6.70. The molecule has 140 valence electrons. The van der Waals surface area contributed by atoms with Gasteiger partial charge in [-0.3, -0.25) is 0 Å². The summed E-state index contributed by atoms with van der Waals surface area (Å²) in [6.07, 6.45) is 5.04. The molecule has 3 heterocycles. The number of nitrogens with zero attached hydrogens (tertiary/aromatic N) is 3. The molecule has 2 aromatic heterocycles. The first kappa shape index (κ1) is 18.0. The van der Waals surface area contributed by atoms with Crippen LogP contribution in [0.2, 0.25) is 0 Å². The Hall–Kier alpha value is -2.38. The molecule has 0 spiro atoms. The summed E-state index contributed by atoms with van der Waals surface area (Å²) in [5, 5.41) is 13.2. The summed E-state index contributed by atoms with van der Waals surface area (Å²) in [7, 11) is 0. The first-order valence-corrected chi connectivity index (χ1v) is 9.90. The van der Waals surface area contributed by atoms with E-state index in [0.717, 1.165) is 59.0 Å². The maximum atomic E-state index is 9.73. The van der Waals surface area contributed by atoms with Crippen molar-refractivity contribution < 1.29 is 5.11 Å². The number of imidazole rings is 1. The Labute approximate surface area is 166 Å². The number of anilines is 2. The fourth-order valence-corrected chi connectivity index (χ4v) is 3.54. The second-order valence-corrected chi connectivity index (χ2v) is 7.61. The number of aliphatic hydroxyl groups excluding tert-OH is 1. The Balaban J connectivity index is 1.44. The van der Waals surface area contributed by atoms with Crippen molar-refractivity contribution in [3.63, 3.8) is 0 Å². The summed E-state index contributed by atoms with van der Waals surface area (Å²) in [5.74, 6) is 1.81. The van der Waals surface area contributed by atoms with E-state index in [1.807, 2.05) is 36.7 Å². The van der Waals surface area contributed by atoms with E-state index >= 15 is 0 Å². The van der Waals surface area contributed by atoms with Crippen molar-refractivity contribution in [1.82, 2.24) is 15.0 Å². The number of aromatic nitrogens is 3. The van der Waals surface area contributed by atoms with Crippen LogP contribution in [0.25, 0.3) is 11.3 Å². The molecular weight excluding hydrogens is 406 g/mol. The van der Waals surface area contributed by atoms with Crippen LogP contribution in [0.5, 0.6) is 0 Å². The zero-order chi connectivity index (χ0) is 18.6. The molecule has 0 atom stereocenters. The van der Waals surface area contributed by atoms with Crippen molar-refractivity contribution in [2.75, 3.05) is 23.3 Å². The van der Waals surface area contributed by atoms with Crippen LogP contribution >= 0.6 is 15.9 Å². The van der Waals surface area contributed by atoms with Crippen molar-refractivity contribution in [3.8, 4) is 11.3 Å². The highest BCUT2D eigenvalue weighted by atomic mass is 79.9. The summed E-state index contributed by atoms with van der Waals surface area (Å²) in [6, 6.07) is 12.1. The van der Waals surface area contributed by atoms with Crippen LogP contribution in [0.1, 0.15) is 18.7 Å². The lowest BCUT2D eigenvalue weighted by Crippen LogP contribution is -2.36. The van der Waals surface area contributed by atoms with Gasteiger partial charge in [-0.2, -0.15) is 0 Å². The number of piperidine rings is 1. The molecule has 1 aliphatic heterocycles. The zero-order valence-electron chi connectivity index (χ0n) is 14.9. The minimum atomic E-state index is -0.193. The highest BCUT2D eigenvalue weighted by Crippen LogP contribution is 2.26. The number of pyridine rings is 1. The summed E-state index contributed by atoms with van der Waals surface area (Å²) < 4.78 is 1.06. The first-order chi connectivity index (χ1) is 13.2. The van der Waals surface area contributed by atoms with E-state index in [4.69, 9.17) is 0 Å². The molecule has 0 radical (unpaired) electrons. The number of hydrogen-bond donors (Lipinski definition) is 3. The molecule has 1 aromatic carbocycles. The van der Waals surface area contributed by atoms with Gasteiger partial charge in [0.2, 0.25) is 0 Å². The van der Waals surface area contributed by atoms with E-state index in [1.165, 1.54) is 0 Å². The number of rotatable bonds is 5. The van der Waals surface area contributed by atoms with Gasteiger partial charge in [-0.25, -0.2) is 9.97 Å². The number of H-pyrrole nitrogens is 1. The predicted molar refractivity (Wildman–Crippen MR) is 111 cm³/mol. The average Bonchev–Trinajstić information content (AvgIpc) is 3.17. The zero-order valence-corrected chi connectivity index (χ0v) is 16.5. The molecule has 1 aliphatic rings. The molecule has 6 nitrogen and oxygen atoms in total. The van der Waals surface area contributed by atoms with Crippen LogP contribution < -0.4 is 10.2 Å². The highest BCUT2D eigenvalue weighted by Gasteiger charge is 2.20. The normalized spacial score (nSPS) is 15.1. The largest absolute Gasteiger partial charge is 0.393 e. The van der Waals surface area contributed by atoms with E-state index < -0.39 is 0 Å². The topological polar surface area (TPSA) is 77.1 Å². The van der Waals surface area contributed by atoms with E-state index in [-0.39, 0.29) is 6.10 Å². The van der Waals surface area contributed by atoms with Gasteiger partial charge >= 0.3 is 0 Å². The quantitative estimate of drug-likeness (QED) is 0.576. The fraction of sp³-hybridized carbons (Fsp3) is 0.300. The molecule has 0 unspecified atom stereocenters. The van der Waals surface area contributed by atoms with E-state index in [2.05, 4.69) is 53.2 Å². The molecule has 3 aromatic rings. The van der Waals surface area contributed by atoms with Gasteiger partial charge in [-0.15, -0.1) is 0 Å². The predicted octanol–water partition coefficient (Wildman–Crippen LogP) is 3.81. The third kappa shape index (κ3) is 4.31. The summed E-state index contributed by atoms with van der Waals surface area (Å²) in [5.41, 5.74) is 3.08. The van der Waals surface area contributed by atoms with E-state index in [0.29, 0.717) is 6.54 Å². The molecule has 1 saturated heterocycles. The lowest BCUT2D eigenvalue weighted by molar-refractivity contribution is 0.145. The molecular formula is C20H22BrN5O. The van der Waals surface area contributed by atoms with Crippen molar-refractivity contribution in [1.29, 1.82) is 0 Å². The van der Waals surface area contributed by atoms with Crippen molar-refractivity contribution >= 4 is 27.4 Å². The van der Waals surface area contributed by atoms with E-state index in [1.54, 1.807) is 0 Å². The van der Waals surface area contributed by atoms with Crippen LogP contribution in [0.4, 0.5) is 11.5 Å². The summed E-state index contributed by atoms with van der Waals surface area (Å²) in [6.45, 7) is 2.23. The van der Waals surface area contributed by atoms with Crippen LogP contribution in [0.3, 0.4) is 0 Å². The van der Waals surface area contributed by atoms with Crippen LogP contribution in [-0.2, 0) is 6.54 Å². The molecule has 0 amide bonds. The van der Waals surface area contributed by atoms with Crippen molar-refractivity contribution in [2.24, 2.45) is 0 Å². The molecule has 4 rings (SSSR count). The van der Waals surface area contributed by atoms with Gasteiger partial charge < -0.3 is 20.3 Å². The first-order valence-electron chi connectivity index (χ1n) is 9.11. The highest BCUT2D eigenvalue weighted by molar-refractivity contribution is 9.10. The second kappa shape index (κ2) is 8.10. The summed E-state index contributed by atoms with van der Waals surface area (Å²) >= 11 is 3.46. The van der Waals surface area contributed by atoms with Crippen LogP contribution in [-0.4, -0.2) is 39.3 Å². The van der Waals surface area contributed by atoms with Gasteiger partial charge in [0.25, 0.3) is 0 Å². The Morgan fingerprint density at radius 2 is 1.93 bits per heavy atom. The molecule has 1 fully saturated rings. The number of aliphatic hydroxyl groups is 1. The Morgan fingerprint density at radius 3 is 2.70 bits per heavy atom. The molecule has 27 heavy (non-hydrogen) atoms. The Morgan fingerprint density at radius 1 is 1.15 bits per heavy atom. The average molecular weight is 428 g/mol.